The molecule has 14 heavy (non-hydrogen) atoms. The molecule has 1 aliphatic carbocycles. The highest BCUT2D eigenvalue weighted by molar-refractivity contribution is 6.31. The molecular formula is C11H11ClN2. The summed E-state index contributed by atoms with van der Waals surface area (Å²) in [5, 5.41) is 1.97. The first-order valence-corrected chi connectivity index (χ1v) is 5.19. The largest absolute Gasteiger partial charge is 0.358 e. The van der Waals surface area contributed by atoms with Gasteiger partial charge in [0, 0.05) is 27.7 Å². The van der Waals surface area contributed by atoms with Gasteiger partial charge < -0.3 is 10.7 Å². The summed E-state index contributed by atoms with van der Waals surface area (Å²) in [6.45, 7) is 0. The molecule has 1 aromatic carbocycles. The molecule has 1 heterocycles. The van der Waals surface area contributed by atoms with E-state index in [2.05, 4.69) is 4.98 Å². The molecule has 0 bridgehead atoms. The first-order valence-electron chi connectivity index (χ1n) is 4.81. The van der Waals surface area contributed by atoms with Crippen LogP contribution in [-0.2, 0) is 6.42 Å². The van der Waals surface area contributed by atoms with Crippen molar-refractivity contribution in [3.63, 3.8) is 0 Å². The smallest absolute Gasteiger partial charge is 0.0460 e. The van der Waals surface area contributed by atoms with Crippen molar-refractivity contribution >= 4 is 22.5 Å². The second-order valence-electron chi connectivity index (χ2n) is 3.85. The van der Waals surface area contributed by atoms with E-state index in [1.54, 1.807) is 0 Å². The molecule has 0 radical (unpaired) electrons. The molecule has 0 amide bonds. The summed E-state index contributed by atoms with van der Waals surface area (Å²) in [6, 6.07) is 6.10. The lowest BCUT2D eigenvalue weighted by atomic mass is 10.1. The van der Waals surface area contributed by atoms with E-state index in [1.165, 1.54) is 16.6 Å². The summed E-state index contributed by atoms with van der Waals surface area (Å²) in [5.41, 5.74) is 9.74. The van der Waals surface area contributed by atoms with Gasteiger partial charge in [-0.05, 0) is 36.6 Å². The molecule has 1 unspecified atom stereocenters. The van der Waals surface area contributed by atoms with Gasteiger partial charge in [-0.2, -0.15) is 0 Å². The number of hydrogen-bond acceptors (Lipinski definition) is 1. The molecule has 2 nitrogen and oxygen atoms in total. The average molecular weight is 207 g/mol. The number of halogens is 1. The van der Waals surface area contributed by atoms with Crippen molar-refractivity contribution < 1.29 is 0 Å². The van der Waals surface area contributed by atoms with Crippen molar-refractivity contribution in [2.75, 3.05) is 0 Å². The quantitative estimate of drug-likeness (QED) is 0.684. The van der Waals surface area contributed by atoms with Crippen LogP contribution in [0.2, 0.25) is 5.02 Å². The molecule has 0 spiro atoms. The molecule has 0 aliphatic heterocycles. The lowest BCUT2D eigenvalue weighted by Gasteiger charge is -2.02. The number of nitrogens with two attached hydrogens (primary N) is 1. The first-order chi connectivity index (χ1) is 6.75. The number of aromatic nitrogens is 1. The molecule has 3 heteroatoms. The van der Waals surface area contributed by atoms with Crippen molar-refractivity contribution in [3.8, 4) is 0 Å². The lowest BCUT2D eigenvalue weighted by molar-refractivity contribution is 0.714. The van der Waals surface area contributed by atoms with E-state index in [9.17, 15) is 0 Å². The number of H-pyrrole nitrogens is 1. The van der Waals surface area contributed by atoms with Gasteiger partial charge in [-0.15, -0.1) is 0 Å². The molecule has 1 atom stereocenters. The maximum atomic E-state index is 6.04. The number of aromatic amines is 1. The summed E-state index contributed by atoms with van der Waals surface area (Å²) in [6.07, 6.45) is 2.10. The van der Waals surface area contributed by atoms with Gasteiger partial charge in [0.15, 0.2) is 0 Å². The fraction of sp³-hybridized carbons (Fsp3) is 0.273. The van der Waals surface area contributed by atoms with Crippen LogP contribution in [0.3, 0.4) is 0 Å². The van der Waals surface area contributed by atoms with Crippen molar-refractivity contribution in [2.45, 2.75) is 18.9 Å². The number of hydrogen-bond donors (Lipinski definition) is 2. The number of fused-ring (bicyclic) bond motifs is 3. The van der Waals surface area contributed by atoms with Crippen LogP contribution < -0.4 is 5.73 Å². The molecule has 3 N–H and O–H groups in total. The Morgan fingerprint density at radius 1 is 1.43 bits per heavy atom. The maximum absolute atomic E-state index is 6.04. The van der Waals surface area contributed by atoms with E-state index < -0.39 is 0 Å². The first kappa shape index (κ1) is 8.33. The van der Waals surface area contributed by atoms with Crippen LogP contribution in [-0.4, -0.2) is 4.98 Å². The van der Waals surface area contributed by atoms with Gasteiger partial charge >= 0.3 is 0 Å². The van der Waals surface area contributed by atoms with E-state index in [0.717, 1.165) is 23.4 Å². The average Bonchev–Trinajstić information content (AvgIpc) is 2.67. The van der Waals surface area contributed by atoms with Crippen molar-refractivity contribution in [1.82, 2.24) is 4.98 Å². The van der Waals surface area contributed by atoms with Crippen molar-refractivity contribution in [2.24, 2.45) is 5.73 Å². The highest BCUT2D eigenvalue weighted by Crippen LogP contribution is 2.36. The standard InChI is InChI=1S/C11H11ClN2/c12-6-1-3-9-7(5-6)11-8(13)2-4-10(11)14-9/h1,3,5,8,14H,2,4,13H2. The third-order valence-corrected chi connectivity index (χ3v) is 3.19. The molecule has 2 aromatic rings. The third kappa shape index (κ3) is 1.01. The van der Waals surface area contributed by atoms with Crippen LogP contribution in [0.4, 0.5) is 0 Å². The SMILES string of the molecule is NC1CCc2[nH]c3ccc(Cl)cc3c21. The van der Waals surface area contributed by atoms with Gasteiger partial charge in [0.1, 0.15) is 0 Å². The Hall–Kier alpha value is -0.990. The minimum Gasteiger partial charge on any atom is -0.358 e. The summed E-state index contributed by atoms with van der Waals surface area (Å²) in [4.78, 5) is 3.40. The predicted molar refractivity (Wildman–Crippen MR) is 58.6 cm³/mol. The fourth-order valence-electron chi connectivity index (χ4n) is 2.31. The highest BCUT2D eigenvalue weighted by Gasteiger charge is 2.23. The molecule has 0 saturated carbocycles. The molecule has 72 valence electrons. The van der Waals surface area contributed by atoms with Crippen LogP contribution in [0.5, 0.6) is 0 Å². The number of benzene rings is 1. The maximum Gasteiger partial charge on any atom is 0.0460 e. The summed E-state index contributed by atoms with van der Waals surface area (Å²) >= 11 is 5.97. The number of rotatable bonds is 0. The Balaban J connectivity index is 2.38. The topological polar surface area (TPSA) is 41.8 Å². The molecule has 1 aromatic heterocycles. The molecule has 1 aliphatic rings. The predicted octanol–water partition coefficient (Wildman–Crippen LogP) is 2.77. The van der Waals surface area contributed by atoms with Crippen LogP contribution >= 0.6 is 11.6 Å². The summed E-state index contributed by atoms with van der Waals surface area (Å²) < 4.78 is 0. The summed E-state index contributed by atoms with van der Waals surface area (Å²) in [5.74, 6) is 0. The number of nitrogens with one attached hydrogen (secondary N) is 1. The Morgan fingerprint density at radius 2 is 2.29 bits per heavy atom. The Morgan fingerprint density at radius 3 is 3.14 bits per heavy atom. The van der Waals surface area contributed by atoms with Crippen LogP contribution in [0.15, 0.2) is 18.2 Å². The van der Waals surface area contributed by atoms with Gasteiger partial charge in [-0.25, -0.2) is 0 Å². The summed E-state index contributed by atoms with van der Waals surface area (Å²) in [7, 11) is 0. The Labute approximate surface area is 87.1 Å². The van der Waals surface area contributed by atoms with Gasteiger partial charge in [0.05, 0.1) is 0 Å². The number of aryl methyl sites for hydroxylation is 1. The minimum atomic E-state index is 0.178. The van der Waals surface area contributed by atoms with E-state index in [0.29, 0.717) is 0 Å². The van der Waals surface area contributed by atoms with E-state index in [-0.39, 0.29) is 6.04 Å². The van der Waals surface area contributed by atoms with E-state index >= 15 is 0 Å². The van der Waals surface area contributed by atoms with Crippen molar-refractivity contribution in [3.05, 3.63) is 34.5 Å². The third-order valence-electron chi connectivity index (χ3n) is 2.96. The Kier molecular flexibility index (Phi) is 1.64. The van der Waals surface area contributed by atoms with E-state index in [4.69, 9.17) is 17.3 Å². The zero-order valence-corrected chi connectivity index (χ0v) is 8.43. The molecular weight excluding hydrogens is 196 g/mol. The highest BCUT2D eigenvalue weighted by atomic mass is 35.5. The van der Waals surface area contributed by atoms with Crippen LogP contribution in [0, 0.1) is 0 Å². The normalized spacial score (nSPS) is 20.3. The zero-order valence-electron chi connectivity index (χ0n) is 7.68. The second kappa shape index (κ2) is 2.75. The van der Waals surface area contributed by atoms with Gasteiger partial charge in [0.25, 0.3) is 0 Å². The second-order valence-corrected chi connectivity index (χ2v) is 4.29. The van der Waals surface area contributed by atoms with E-state index in [1.807, 2.05) is 18.2 Å². The zero-order chi connectivity index (χ0) is 9.71. The fourth-order valence-corrected chi connectivity index (χ4v) is 2.48. The van der Waals surface area contributed by atoms with Crippen molar-refractivity contribution in [1.29, 1.82) is 0 Å². The lowest BCUT2D eigenvalue weighted by Crippen LogP contribution is -2.04. The van der Waals surface area contributed by atoms with Gasteiger partial charge in [0.2, 0.25) is 0 Å². The molecule has 0 saturated heterocycles. The Bertz CT molecular complexity index is 501. The monoisotopic (exact) mass is 206 g/mol. The van der Waals surface area contributed by atoms with Gasteiger partial charge in [-0.1, -0.05) is 11.6 Å². The molecule has 0 fully saturated rings. The molecule has 3 rings (SSSR count). The van der Waals surface area contributed by atoms with Crippen LogP contribution in [0.25, 0.3) is 10.9 Å². The van der Waals surface area contributed by atoms with Crippen LogP contribution in [0.1, 0.15) is 23.7 Å². The van der Waals surface area contributed by atoms with Gasteiger partial charge in [-0.3, -0.25) is 0 Å². The minimum absolute atomic E-state index is 0.178.